The Kier molecular flexibility index (Phi) is 5.50. The summed E-state index contributed by atoms with van der Waals surface area (Å²) < 4.78 is 17.7. The number of rotatable bonds is 5. The number of H-pyrrole nitrogens is 1. The van der Waals surface area contributed by atoms with Gasteiger partial charge in [-0.25, -0.2) is 9.18 Å². The van der Waals surface area contributed by atoms with Crippen molar-refractivity contribution >= 4 is 5.97 Å². The second-order valence-corrected chi connectivity index (χ2v) is 6.52. The maximum atomic E-state index is 13.0. The molecule has 2 aromatic rings. The van der Waals surface area contributed by atoms with Crippen molar-refractivity contribution in [2.45, 2.75) is 25.5 Å². The lowest BCUT2D eigenvalue weighted by Crippen LogP contribution is -2.35. The maximum absolute atomic E-state index is 13.0. The number of carbonyl (C=O) groups excluding carboxylic acids is 1. The molecular weight excluding hydrogens is 323 g/mol. The van der Waals surface area contributed by atoms with E-state index in [1.165, 1.54) is 19.2 Å². The quantitative estimate of drug-likeness (QED) is 0.817. The number of carbonyl (C=O) groups is 1. The molecule has 1 aliphatic rings. The van der Waals surface area contributed by atoms with Crippen molar-refractivity contribution in [2.24, 2.45) is 5.92 Å². The van der Waals surface area contributed by atoms with Crippen LogP contribution < -0.4 is 0 Å². The van der Waals surface area contributed by atoms with Gasteiger partial charge >= 0.3 is 5.97 Å². The number of halogens is 1. The molecule has 0 spiro atoms. The summed E-state index contributed by atoms with van der Waals surface area (Å²) in [6.45, 7) is 2.51. The molecular formula is C19H23FN2O3. The van der Waals surface area contributed by atoms with Crippen LogP contribution in [0.3, 0.4) is 0 Å². The number of hydrogen-bond acceptors (Lipinski definition) is 4. The molecule has 3 rings (SSSR count). The Morgan fingerprint density at radius 2 is 2.04 bits per heavy atom. The molecule has 134 valence electrons. The third kappa shape index (κ3) is 4.27. The first kappa shape index (κ1) is 17.6. The van der Waals surface area contributed by atoms with Crippen LogP contribution in [-0.2, 0) is 11.3 Å². The zero-order valence-electron chi connectivity index (χ0n) is 14.2. The van der Waals surface area contributed by atoms with Crippen molar-refractivity contribution in [2.75, 3.05) is 20.2 Å². The number of piperidine rings is 1. The first-order valence-corrected chi connectivity index (χ1v) is 8.48. The van der Waals surface area contributed by atoms with Gasteiger partial charge in [-0.2, -0.15) is 0 Å². The summed E-state index contributed by atoms with van der Waals surface area (Å²) in [5, 5.41) is 10.5. The Morgan fingerprint density at radius 1 is 1.36 bits per heavy atom. The number of hydrogen-bond donors (Lipinski definition) is 2. The van der Waals surface area contributed by atoms with E-state index in [-0.39, 0.29) is 17.7 Å². The molecule has 2 heterocycles. The minimum absolute atomic E-state index is 0.179. The average Bonchev–Trinajstić information content (AvgIpc) is 3.10. The largest absolute Gasteiger partial charge is 0.464 e. The van der Waals surface area contributed by atoms with Crippen LogP contribution in [0.5, 0.6) is 0 Å². The predicted octanol–water partition coefficient (Wildman–Crippen LogP) is 2.89. The molecule has 0 saturated carbocycles. The Bertz CT molecular complexity index is 706. The van der Waals surface area contributed by atoms with Gasteiger partial charge in [0.2, 0.25) is 0 Å². The van der Waals surface area contributed by atoms with Gasteiger partial charge in [-0.1, -0.05) is 12.1 Å². The van der Waals surface area contributed by atoms with E-state index >= 15 is 0 Å². The Hall–Kier alpha value is -2.18. The number of likely N-dealkylation sites (tertiary alicyclic amines) is 1. The van der Waals surface area contributed by atoms with Gasteiger partial charge in [-0.3, -0.25) is 4.90 Å². The molecule has 0 aliphatic carbocycles. The lowest BCUT2D eigenvalue weighted by molar-refractivity contribution is 0.0565. The van der Waals surface area contributed by atoms with Crippen LogP contribution >= 0.6 is 0 Å². The number of nitrogens with zero attached hydrogens (tertiary/aromatic N) is 1. The summed E-state index contributed by atoms with van der Waals surface area (Å²) in [7, 11) is 1.36. The van der Waals surface area contributed by atoms with Crippen LogP contribution in [0.4, 0.5) is 4.39 Å². The van der Waals surface area contributed by atoms with E-state index in [0.717, 1.165) is 43.6 Å². The van der Waals surface area contributed by atoms with Gasteiger partial charge in [0.05, 0.1) is 13.2 Å². The van der Waals surface area contributed by atoms with Gasteiger partial charge in [0.15, 0.2) is 0 Å². The molecule has 1 atom stereocenters. The van der Waals surface area contributed by atoms with Crippen molar-refractivity contribution in [3.8, 4) is 0 Å². The normalized spacial score (nSPS) is 17.4. The first-order valence-electron chi connectivity index (χ1n) is 8.48. The van der Waals surface area contributed by atoms with E-state index in [1.807, 2.05) is 12.3 Å². The molecule has 6 heteroatoms. The van der Waals surface area contributed by atoms with E-state index in [1.54, 1.807) is 12.1 Å². The van der Waals surface area contributed by atoms with Gasteiger partial charge in [-0.15, -0.1) is 0 Å². The average molecular weight is 346 g/mol. The fourth-order valence-electron chi connectivity index (χ4n) is 3.38. The lowest BCUT2D eigenvalue weighted by Gasteiger charge is -2.34. The maximum Gasteiger partial charge on any atom is 0.354 e. The van der Waals surface area contributed by atoms with Gasteiger partial charge < -0.3 is 14.8 Å². The number of methoxy groups -OCH3 is 1. The third-order valence-corrected chi connectivity index (χ3v) is 4.84. The van der Waals surface area contributed by atoms with Crippen molar-refractivity contribution in [1.82, 2.24) is 9.88 Å². The van der Waals surface area contributed by atoms with Crippen molar-refractivity contribution < 1.29 is 19.0 Å². The van der Waals surface area contributed by atoms with Crippen LogP contribution in [0, 0.1) is 11.7 Å². The minimum Gasteiger partial charge on any atom is -0.464 e. The van der Waals surface area contributed by atoms with Crippen molar-refractivity contribution in [1.29, 1.82) is 0 Å². The topological polar surface area (TPSA) is 65.6 Å². The summed E-state index contributed by atoms with van der Waals surface area (Å²) in [5.74, 6) is -0.477. The third-order valence-electron chi connectivity index (χ3n) is 4.84. The molecule has 0 bridgehead atoms. The van der Waals surface area contributed by atoms with Crippen LogP contribution in [0.15, 0.2) is 36.5 Å². The number of aliphatic hydroxyl groups excluding tert-OH is 1. The predicted molar refractivity (Wildman–Crippen MR) is 91.5 cm³/mol. The Labute approximate surface area is 146 Å². The number of aromatic amines is 1. The summed E-state index contributed by atoms with van der Waals surface area (Å²) in [6.07, 6.45) is 3.03. The molecule has 1 fully saturated rings. The standard InChI is InChI=1S/C19H23FN2O3/c1-25-19(24)17-10-13(11-21-17)12-22-8-6-15(7-9-22)18(23)14-2-4-16(20)5-3-14/h2-5,10-11,15,18,21,23H,6-9,12H2,1H3/t18-/m1/s1. The molecule has 1 aliphatic heterocycles. The smallest absolute Gasteiger partial charge is 0.354 e. The van der Waals surface area contributed by atoms with Crippen LogP contribution in [-0.4, -0.2) is 41.2 Å². The van der Waals surface area contributed by atoms with E-state index in [0.29, 0.717) is 5.69 Å². The zero-order valence-corrected chi connectivity index (χ0v) is 14.2. The van der Waals surface area contributed by atoms with Gasteiger partial charge in [0.1, 0.15) is 11.5 Å². The second kappa shape index (κ2) is 7.80. The fourth-order valence-corrected chi connectivity index (χ4v) is 3.38. The molecule has 0 radical (unpaired) electrons. The number of esters is 1. The number of aromatic nitrogens is 1. The van der Waals surface area contributed by atoms with E-state index in [9.17, 15) is 14.3 Å². The molecule has 0 unspecified atom stereocenters. The van der Waals surface area contributed by atoms with E-state index in [2.05, 4.69) is 9.88 Å². The van der Waals surface area contributed by atoms with Gasteiger partial charge in [0, 0.05) is 12.7 Å². The molecule has 5 nitrogen and oxygen atoms in total. The lowest BCUT2D eigenvalue weighted by atomic mass is 9.87. The first-order chi connectivity index (χ1) is 12.1. The fraction of sp³-hybridized carbons (Fsp3) is 0.421. The summed E-state index contributed by atoms with van der Waals surface area (Å²) in [6, 6.07) is 7.89. The summed E-state index contributed by atoms with van der Waals surface area (Å²) in [5.41, 5.74) is 2.27. The molecule has 0 amide bonds. The highest BCUT2D eigenvalue weighted by Gasteiger charge is 2.26. The number of aliphatic hydroxyl groups is 1. The van der Waals surface area contributed by atoms with Crippen molar-refractivity contribution in [3.05, 3.63) is 59.2 Å². The number of nitrogens with one attached hydrogen (secondary N) is 1. The molecule has 1 aromatic heterocycles. The van der Waals surface area contributed by atoms with Gasteiger partial charge in [-0.05, 0) is 61.2 Å². The zero-order chi connectivity index (χ0) is 17.8. The van der Waals surface area contributed by atoms with Crippen LogP contribution in [0.25, 0.3) is 0 Å². The van der Waals surface area contributed by atoms with Gasteiger partial charge in [0.25, 0.3) is 0 Å². The number of benzene rings is 1. The SMILES string of the molecule is COC(=O)c1cc(CN2CCC([C@H](O)c3ccc(F)cc3)CC2)c[nH]1. The highest BCUT2D eigenvalue weighted by molar-refractivity contribution is 5.87. The van der Waals surface area contributed by atoms with Crippen LogP contribution in [0.2, 0.25) is 0 Å². The highest BCUT2D eigenvalue weighted by atomic mass is 19.1. The second-order valence-electron chi connectivity index (χ2n) is 6.52. The Morgan fingerprint density at radius 3 is 2.68 bits per heavy atom. The summed E-state index contributed by atoms with van der Waals surface area (Å²) >= 11 is 0. The highest BCUT2D eigenvalue weighted by Crippen LogP contribution is 2.31. The molecule has 2 N–H and O–H groups in total. The summed E-state index contributed by atoms with van der Waals surface area (Å²) in [4.78, 5) is 16.7. The molecule has 1 aromatic carbocycles. The van der Waals surface area contributed by atoms with E-state index < -0.39 is 6.10 Å². The molecule has 25 heavy (non-hydrogen) atoms. The minimum atomic E-state index is -0.555. The number of ether oxygens (including phenoxy) is 1. The van der Waals surface area contributed by atoms with Crippen molar-refractivity contribution in [3.63, 3.8) is 0 Å². The molecule has 1 saturated heterocycles. The Balaban J connectivity index is 1.52. The van der Waals surface area contributed by atoms with Crippen LogP contribution in [0.1, 0.15) is 40.6 Å². The monoisotopic (exact) mass is 346 g/mol. The van der Waals surface area contributed by atoms with E-state index in [4.69, 9.17) is 4.74 Å².